The van der Waals surface area contributed by atoms with Gasteiger partial charge in [0.25, 0.3) is 0 Å². The van der Waals surface area contributed by atoms with E-state index >= 15 is 0 Å². The summed E-state index contributed by atoms with van der Waals surface area (Å²) in [5.41, 5.74) is 0. The molecule has 0 aliphatic heterocycles. The van der Waals surface area contributed by atoms with Gasteiger partial charge in [-0.25, -0.2) is 0 Å². The minimum absolute atomic E-state index is 0.0855. The molecule has 1 unspecified atom stereocenters. The molecule has 6 heteroatoms. The average Bonchev–Trinajstić information content (AvgIpc) is 3.44. The fourth-order valence-corrected chi connectivity index (χ4v) is 9.36. The molecular weight excluding hydrogens is 961 g/mol. The summed E-state index contributed by atoms with van der Waals surface area (Å²) in [6, 6.07) is 0. The lowest BCUT2D eigenvalue weighted by Crippen LogP contribution is -2.30. The van der Waals surface area contributed by atoms with E-state index in [1.54, 1.807) is 0 Å². The zero-order valence-electron chi connectivity index (χ0n) is 51.4. The molecule has 448 valence electrons. The molecule has 0 radical (unpaired) electrons. The third-order valence-corrected chi connectivity index (χ3v) is 14.3. The second-order valence-corrected chi connectivity index (χ2v) is 22.0. The van der Waals surface area contributed by atoms with Crippen LogP contribution in [0.15, 0.2) is 97.2 Å². The Labute approximate surface area is 483 Å². The highest BCUT2D eigenvalue weighted by Gasteiger charge is 2.19. The van der Waals surface area contributed by atoms with Gasteiger partial charge in [0.05, 0.1) is 0 Å². The highest BCUT2D eigenvalue weighted by molar-refractivity contribution is 5.71. The quantitative estimate of drug-likeness (QED) is 0.0261. The molecule has 0 spiro atoms. The van der Waals surface area contributed by atoms with Crippen molar-refractivity contribution in [3.63, 3.8) is 0 Å². The molecule has 0 aliphatic carbocycles. The van der Waals surface area contributed by atoms with Crippen LogP contribution in [0.5, 0.6) is 0 Å². The number of carbonyl (C=O) groups is 3. The third-order valence-electron chi connectivity index (χ3n) is 14.3. The van der Waals surface area contributed by atoms with Gasteiger partial charge in [-0.15, -0.1) is 0 Å². The van der Waals surface area contributed by atoms with Crippen LogP contribution in [0.3, 0.4) is 0 Å². The number of hydrogen-bond acceptors (Lipinski definition) is 6. The van der Waals surface area contributed by atoms with Gasteiger partial charge in [0.2, 0.25) is 0 Å². The van der Waals surface area contributed by atoms with Crippen molar-refractivity contribution in [2.45, 2.75) is 329 Å². The summed E-state index contributed by atoms with van der Waals surface area (Å²) in [4.78, 5) is 38.4. The molecule has 6 nitrogen and oxygen atoms in total. The van der Waals surface area contributed by atoms with E-state index in [1.807, 2.05) is 0 Å². The van der Waals surface area contributed by atoms with E-state index in [9.17, 15) is 14.4 Å². The molecule has 0 N–H and O–H groups in total. The van der Waals surface area contributed by atoms with Gasteiger partial charge in [-0.2, -0.15) is 0 Å². The van der Waals surface area contributed by atoms with Crippen LogP contribution in [0.2, 0.25) is 0 Å². The van der Waals surface area contributed by atoms with Crippen LogP contribution < -0.4 is 0 Å². The Morgan fingerprint density at radius 1 is 0.269 bits per heavy atom. The van der Waals surface area contributed by atoms with Crippen LogP contribution in [0, 0.1) is 0 Å². The van der Waals surface area contributed by atoms with Gasteiger partial charge < -0.3 is 14.2 Å². The molecule has 0 aromatic rings. The topological polar surface area (TPSA) is 78.9 Å². The summed E-state index contributed by atoms with van der Waals surface area (Å²) in [6.07, 6.45) is 88.4. The van der Waals surface area contributed by atoms with Gasteiger partial charge in [0.15, 0.2) is 6.10 Å². The fraction of sp³-hybridized carbons (Fsp3) is 0.736. The van der Waals surface area contributed by atoms with Crippen molar-refractivity contribution in [2.24, 2.45) is 0 Å². The van der Waals surface area contributed by atoms with Crippen LogP contribution in [0.4, 0.5) is 0 Å². The van der Waals surface area contributed by atoms with Gasteiger partial charge in [0, 0.05) is 19.3 Å². The molecule has 0 bridgehead atoms. The predicted octanol–water partition coefficient (Wildman–Crippen LogP) is 22.8. The monoisotopic (exact) mass is 1080 g/mol. The zero-order chi connectivity index (χ0) is 56.4. The zero-order valence-corrected chi connectivity index (χ0v) is 51.4. The maximum atomic E-state index is 12.9. The first kappa shape index (κ1) is 74.3. The predicted molar refractivity (Wildman–Crippen MR) is 339 cm³/mol. The Kier molecular flexibility index (Phi) is 62.7. The molecule has 0 aromatic carbocycles. The molecule has 1 atom stereocenters. The number of carbonyl (C=O) groups excluding carboxylic acids is 3. The molecule has 0 saturated heterocycles. The van der Waals surface area contributed by atoms with E-state index < -0.39 is 6.10 Å². The summed E-state index contributed by atoms with van der Waals surface area (Å²) < 4.78 is 16.9. The Morgan fingerprint density at radius 2 is 0.500 bits per heavy atom. The first-order valence-electron chi connectivity index (χ1n) is 33.2. The van der Waals surface area contributed by atoms with E-state index in [-0.39, 0.29) is 31.1 Å². The molecule has 0 saturated carbocycles. The van der Waals surface area contributed by atoms with Gasteiger partial charge in [-0.1, -0.05) is 298 Å². The van der Waals surface area contributed by atoms with Crippen molar-refractivity contribution in [3.05, 3.63) is 97.2 Å². The Bertz CT molecular complexity index is 1530. The molecule has 0 heterocycles. The number of allylic oxidation sites excluding steroid dienone is 16. The van der Waals surface area contributed by atoms with Gasteiger partial charge >= 0.3 is 17.9 Å². The maximum absolute atomic E-state index is 12.9. The summed E-state index contributed by atoms with van der Waals surface area (Å²) in [5, 5.41) is 0. The highest BCUT2D eigenvalue weighted by atomic mass is 16.6. The number of unbranched alkanes of at least 4 members (excludes halogenated alkanes) is 33. The Morgan fingerprint density at radius 3 is 0.795 bits per heavy atom. The number of esters is 3. The number of ether oxygens (including phenoxy) is 3. The van der Waals surface area contributed by atoms with Crippen molar-refractivity contribution in [1.29, 1.82) is 0 Å². The normalized spacial score (nSPS) is 12.7. The van der Waals surface area contributed by atoms with E-state index in [2.05, 4.69) is 118 Å². The molecule has 0 rings (SSSR count). The van der Waals surface area contributed by atoms with Crippen LogP contribution in [0.1, 0.15) is 323 Å². The van der Waals surface area contributed by atoms with E-state index in [0.29, 0.717) is 19.3 Å². The van der Waals surface area contributed by atoms with E-state index in [1.165, 1.54) is 154 Å². The van der Waals surface area contributed by atoms with Crippen LogP contribution in [-0.4, -0.2) is 37.2 Å². The minimum Gasteiger partial charge on any atom is -0.462 e. The largest absolute Gasteiger partial charge is 0.462 e. The molecule has 0 amide bonds. The second-order valence-electron chi connectivity index (χ2n) is 22.0. The average molecular weight is 1090 g/mol. The number of hydrogen-bond donors (Lipinski definition) is 0. The maximum Gasteiger partial charge on any atom is 0.306 e. The molecule has 0 aromatic heterocycles. The summed E-state index contributed by atoms with van der Waals surface area (Å²) in [5.74, 6) is -0.899. The van der Waals surface area contributed by atoms with Crippen LogP contribution in [-0.2, 0) is 28.6 Å². The lowest BCUT2D eigenvalue weighted by Gasteiger charge is -2.18. The Hall–Kier alpha value is -3.67. The molecule has 0 aliphatic rings. The number of rotatable bonds is 60. The van der Waals surface area contributed by atoms with E-state index in [4.69, 9.17) is 14.2 Å². The van der Waals surface area contributed by atoms with E-state index in [0.717, 1.165) is 128 Å². The van der Waals surface area contributed by atoms with Crippen molar-refractivity contribution >= 4 is 17.9 Å². The molecule has 0 fully saturated rings. The van der Waals surface area contributed by atoms with Crippen LogP contribution in [0.25, 0.3) is 0 Å². The van der Waals surface area contributed by atoms with Gasteiger partial charge in [-0.05, 0) is 103 Å². The summed E-state index contributed by atoms with van der Waals surface area (Å²) in [7, 11) is 0. The summed E-state index contributed by atoms with van der Waals surface area (Å²) in [6.45, 7) is 6.53. The fourth-order valence-electron chi connectivity index (χ4n) is 9.36. The van der Waals surface area contributed by atoms with Crippen molar-refractivity contribution in [3.8, 4) is 0 Å². The third kappa shape index (κ3) is 63.2. The SMILES string of the molecule is CC/C=C\C/C=C\C/C=C\C/C=C\C/C=C\C/C=C\C/C=C\CCCCCCCC(=O)OCC(COC(=O)CCCCCCC/C=C\CCCCCCC)OC(=O)CCCCCCCCCCCCCCCCCCCCC. The molecular formula is C72H124O6. The first-order chi connectivity index (χ1) is 38.5. The second kappa shape index (κ2) is 65.8. The Balaban J connectivity index is 4.37. The van der Waals surface area contributed by atoms with Crippen LogP contribution >= 0.6 is 0 Å². The van der Waals surface area contributed by atoms with Gasteiger partial charge in [-0.3, -0.25) is 14.4 Å². The summed E-state index contributed by atoms with van der Waals surface area (Å²) >= 11 is 0. The molecule has 78 heavy (non-hydrogen) atoms. The van der Waals surface area contributed by atoms with Crippen molar-refractivity contribution in [2.75, 3.05) is 13.2 Å². The standard InChI is InChI=1S/C72H124O6/c1-4-7-10-13-16-19-22-25-28-30-32-33-34-35-36-37-38-39-41-42-44-47-50-53-56-59-62-65-71(74)77-68-69(67-76-70(73)64-61-58-55-52-49-46-27-24-21-18-15-12-9-6-3)78-72(75)66-63-60-57-54-51-48-45-43-40-31-29-26-23-20-17-14-11-8-5-2/h7,10,16,19,24-25,27-28,32-33,35-36,38-39,42,44,69H,4-6,8-9,11-15,17-18,20-23,26,29-31,34,37,40-41,43,45-68H2,1-3H3/b10-7-,19-16-,27-24-,28-25-,33-32-,36-35-,39-38-,44-42-. The van der Waals surface area contributed by atoms with Crippen molar-refractivity contribution in [1.82, 2.24) is 0 Å². The highest BCUT2D eigenvalue weighted by Crippen LogP contribution is 2.17. The smallest absolute Gasteiger partial charge is 0.306 e. The lowest BCUT2D eigenvalue weighted by atomic mass is 10.0. The minimum atomic E-state index is -0.789. The van der Waals surface area contributed by atoms with Crippen molar-refractivity contribution < 1.29 is 28.6 Å². The van der Waals surface area contributed by atoms with Gasteiger partial charge in [0.1, 0.15) is 13.2 Å². The first-order valence-corrected chi connectivity index (χ1v) is 33.2. The lowest BCUT2D eigenvalue weighted by molar-refractivity contribution is -0.167.